The van der Waals surface area contributed by atoms with Crippen molar-refractivity contribution in [3.05, 3.63) is 23.3 Å². The Morgan fingerprint density at radius 2 is 2.29 bits per heavy atom. The Morgan fingerprint density at radius 3 is 3.14 bits per heavy atom. The molecule has 0 radical (unpaired) electrons. The SMILES string of the molecule is CN1CC[C@]23c4c5ccc(O)c4O[C@H]2C(=O)CC[C@H]3C1C5. The number of ketones is 1. The smallest absolute Gasteiger partial charge is 0.174 e. The van der Waals surface area contributed by atoms with Gasteiger partial charge in [-0.15, -0.1) is 0 Å². The van der Waals surface area contributed by atoms with E-state index in [-0.39, 0.29) is 23.1 Å². The van der Waals surface area contributed by atoms with E-state index in [1.54, 1.807) is 6.07 Å². The molecule has 0 aromatic heterocycles. The van der Waals surface area contributed by atoms with Crippen molar-refractivity contribution in [2.75, 3.05) is 13.6 Å². The Kier molecular flexibility index (Phi) is 2.07. The van der Waals surface area contributed by atoms with Gasteiger partial charge in [-0.25, -0.2) is 0 Å². The Labute approximate surface area is 123 Å². The van der Waals surface area contributed by atoms with Gasteiger partial charge in [0.2, 0.25) is 0 Å². The van der Waals surface area contributed by atoms with E-state index in [1.165, 1.54) is 5.56 Å². The first-order chi connectivity index (χ1) is 10.1. The molecular formula is C17H19NO3. The van der Waals surface area contributed by atoms with Crippen molar-refractivity contribution in [2.45, 2.75) is 43.2 Å². The molecule has 4 aliphatic rings. The molecule has 0 amide bonds. The molecule has 1 N–H and O–H groups in total. The summed E-state index contributed by atoms with van der Waals surface area (Å²) in [6.07, 6.45) is 3.18. The minimum atomic E-state index is -0.366. The number of carbonyl (C=O) groups excluding carboxylic acids is 1. The number of piperidine rings is 1. The lowest BCUT2D eigenvalue weighted by Gasteiger charge is -2.57. The third-order valence-electron chi connectivity index (χ3n) is 6.39. The molecule has 1 aromatic carbocycles. The van der Waals surface area contributed by atoms with Crippen LogP contribution in [0.5, 0.6) is 11.5 Å². The fourth-order valence-electron chi connectivity index (χ4n) is 5.52. The number of likely N-dealkylation sites (tertiary alicyclic amines) is 1. The number of Topliss-reactive ketones (excluding diaryl/α,β-unsaturated/α-hetero) is 1. The molecule has 110 valence electrons. The zero-order chi connectivity index (χ0) is 14.4. The largest absolute Gasteiger partial charge is 0.504 e. The topological polar surface area (TPSA) is 49.8 Å². The van der Waals surface area contributed by atoms with Crippen LogP contribution in [0.1, 0.15) is 30.4 Å². The van der Waals surface area contributed by atoms with E-state index >= 15 is 0 Å². The Hall–Kier alpha value is -1.55. The van der Waals surface area contributed by atoms with Crippen LogP contribution in [-0.4, -0.2) is 41.5 Å². The average Bonchev–Trinajstić information content (AvgIpc) is 2.83. The second kappa shape index (κ2) is 3.61. The lowest BCUT2D eigenvalue weighted by atomic mass is 9.52. The number of nitrogens with zero attached hydrogens (tertiary/aromatic N) is 1. The van der Waals surface area contributed by atoms with E-state index in [0.717, 1.165) is 31.4 Å². The molecule has 1 spiro atoms. The van der Waals surface area contributed by atoms with Gasteiger partial charge >= 0.3 is 0 Å². The van der Waals surface area contributed by atoms with Crippen LogP contribution in [0.4, 0.5) is 0 Å². The summed E-state index contributed by atoms with van der Waals surface area (Å²) in [4.78, 5) is 14.9. The number of ether oxygens (including phenoxy) is 1. The second-order valence-corrected chi connectivity index (χ2v) is 7.10. The first-order valence-corrected chi connectivity index (χ1v) is 7.88. The van der Waals surface area contributed by atoms with Gasteiger partial charge in [0.25, 0.3) is 0 Å². The minimum Gasteiger partial charge on any atom is -0.504 e. The Bertz CT molecular complexity index is 670. The van der Waals surface area contributed by atoms with Crippen molar-refractivity contribution in [3.8, 4) is 11.5 Å². The van der Waals surface area contributed by atoms with Crippen molar-refractivity contribution in [2.24, 2.45) is 5.92 Å². The quantitative estimate of drug-likeness (QED) is 0.787. The van der Waals surface area contributed by atoms with Crippen molar-refractivity contribution < 1.29 is 14.6 Å². The lowest BCUT2D eigenvalue weighted by Crippen LogP contribution is -2.65. The molecule has 4 atom stereocenters. The van der Waals surface area contributed by atoms with Crippen molar-refractivity contribution in [1.82, 2.24) is 4.90 Å². The molecule has 2 aliphatic carbocycles. The van der Waals surface area contributed by atoms with E-state index in [9.17, 15) is 9.90 Å². The highest BCUT2D eigenvalue weighted by Gasteiger charge is 2.65. The molecule has 5 rings (SSSR count). The highest BCUT2D eigenvalue weighted by atomic mass is 16.5. The first-order valence-electron chi connectivity index (χ1n) is 7.88. The van der Waals surface area contributed by atoms with Gasteiger partial charge in [0.05, 0.1) is 0 Å². The summed E-state index contributed by atoms with van der Waals surface area (Å²) in [5.41, 5.74) is 2.26. The summed E-state index contributed by atoms with van der Waals surface area (Å²) in [5, 5.41) is 10.2. The Morgan fingerprint density at radius 1 is 1.43 bits per heavy atom. The number of benzene rings is 1. The third-order valence-corrected chi connectivity index (χ3v) is 6.39. The van der Waals surface area contributed by atoms with Gasteiger partial charge < -0.3 is 14.7 Å². The molecule has 2 bridgehead atoms. The maximum Gasteiger partial charge on any atom is 0.174 e. The average molecular weight is 285 g/mol. The summed E-state index contributed by atoms with van der Waals surface area (Å²) >= 11 is 0. The van der Waals surface area contributed by atoms with Crippen LogP contribution in [-0.2, 0) is 16.6 Å². The van der Waals surface area contributed by atoms with Gasteiger partial charge in [0.1, 0.15) is 0 Å². The van der Waals surface area contributed by atoms with Crippen LogP contribution >= 0.6 is 0 Å². The molecule has 21 heavy (non-hydrogen) atoms. The summed E-state index contributed by atoms with van der Waals surface area (Å²) < 4.78 is 6.04. The van der Waals surface area contributed by atoms with Crippen molar-refractivity contribution in [1.29, 1.82) is 0 Å². The van der Waals surface area contributed by atoms with Crippen LogP contribution in [0.25, 0.3) is 0 Å². The summed E-state index contributed by atoms with van der Waals surface area (Å²) in [6.45, 7) is 1.00. The molecule has 4 heteroatoms. The fraction of sp³-hybridized carbons (Fsp3) is 0.588. The standard InChI is InChI=1S/C17H19NO3/c1-18-7-6-17-10-3-5-13(20)16(17)21-15-12(19)4-2-9(14(15)17)8-11(10)18/h2,4,10-11,16,19H,3,5-8H2,1H3/t10-,11?,16-,17-/m0/s1. The molecular weight excluding hydrogens is 266 g/mol. The summed E-state index contributed by atoms with van der Waals surface area (Å²) in [5.74, 6) is 1.50. The van der Waals surface area contributed by atoms with Crippen molar-refractivity contribution >= 4 is 5.78 Å². The number of hydrogen-bond acceptors (Lipinski definition) is 4. The Balaban J connectivity index is 1.83. The van der Waals surface area contributed by atoms with E-state index in [1.807, 2.05) is 6.07 Å². The van der Waals surface area contributed by atoms with Gasteiger partial charge in [-0.1, -0.05) is 6.07 Å². The molecule has 2 fully saturated rings. The molecule has 1 unspecified atom stereocenters. The molecule has 2 heterocycles. The molecule has 2 aliphatic heterocycles. The predicted octanol–water partition coefficient (Wildman–Crippen LogP) is 1.63. The molecule has 1 saturated carbocycles. The number of likely N-dealkylation sites (N-methyl/N-ethyl adjacent to an activating group) is 1. The first kappa shape index (κ1) is 12.0. The van der Waals surface area contributed by atoms with Gasteiger partial charge in [0, 0.05) is 23.4 Å². The van der Waals surface area contributed by atoms with E-state index in [2.05, 4.69) is 11.9 Å². The lowest BCUT2D eigenvalue weighted by molar-refractivity contribution is -0.138. The van der Waals surface area contributed by atoms with Gasteiger partial charge in [-0.3, -0.25) is 4.79 Å². The number of carbonyl (C=O) groups is 1. The van der Waals surface area contributed by atoms with Gasteiger partial charge in [-0.05, 0) is 50.4 Å². The normalized spacial score (nSPS) is 39.9. The van der Waals surface area contributed by atoms with E-state index in [4.69, 9.17) is 4.74 Å². The van der Waals surface area contributed by atoms with Crippen LogP contribution in [0.15, 0.2) is 12.1 Å². The fourth-order valence-corrected chi connectivity index (χ4v) is 5.52. The van der Waals surface area contributed by atoms with E-state index < -0.39 is 0 Å². The van der Waals surface area contributed by atoms with Gasteiger partial charge in [-0.2, -0.15) is 0 Å². The highest BCUT2D eigenvalue weighted by molar-refractivity contribution is 5.89. The van der Waals surface area contributed by atoms with E-state index in [0.29, 0.717) is 24.1 Å². The number of aromatic hydroxyl groups is 1. The molecule has 1 aromatic rings. The predicted molar refractivity (Wildman–Crippen MR) is 76.7 cm³/mol. The monoisotopic (exact) mass is 285 g/mol. The van der Waals surface area contributed by atoms with Crippen LogP contribution in [0, 0.1) is 5.92 Å². The second-order valence-electron chi connectivity index (χ2n) is 7.10. The minimum absolute atomic E-state index is 0.172. The zero-order valence-corrected chi connectivity index (χ0v) is 12.1. The van der Waals surface area contributed by atoms with Crippen LogP contribution < -0.4 is 4.74 Å². The maximum atomic E-state index is 12.5. The third kappa shape index (κ3) is 1.20. The van der Waals surface area contributed by atoms with Gasteiger partial charge in [0.15, 0.2) is 23.4 Å². The van der Waals surface area contributed by atoms with Crippen molar-refractivity contribution in [3.63, 3.8) is 0 Å². The number of rotatable bonds is 0. The maximum absolute atomic E-state index is 12.5. The summed E-state index contributed by atoms with van der Waals surface area (Å²) in [6, 6.07) is 4.26. The highest BCUT2D eigenvalue weighted by Crippen LogP contribution is 2.62. The number of phenols is 1. The summed E-state index contributed by atoms with van der Waals surface area (Å²) in [7, 11) is 2.20. The van der Waals surface area contributed by atoms with Crippen LogP contribution in [0.3, 0.4) is 0 Å². The molecule has 1 saturated heterocycles. The number of phenolic OH excluding ortho intramolecular Hbond substituents is 1. The molecule has 4 nitrogen and oxygen atoms in total. The van der Waals surface area contributed by atoms with Crippen LogP contribution in [0.2, 0.25) is 0 Å². The zero-order valence-electron chi connectivity index (χ0n) is 12.1. The number of hydrogen-bond donors (Lipinski definition) is 1.